The summed E-state index contributed by atoms with van der Waals surface area (Å²) in [5.74, 6) is 0.576. The second-order valence-corrected chi connectivity index (χ2v) is 6.62. The molecule has 1 unspecified atom stereocenters. The summed E-state index contributed by atoms with van der Waals surface area (Å²) in [5, 5.41) is 20.6. The van der Waals surface area contributed by atoms with Gasteiger partial charge in [-0.15, -0.1) is 0 Å². The Kier molecular flexibility index (Phi) is 5.29. The Morgan fingerprint density at radius 1 is 1.30 bits per heavy atom. The van der Waals surface area contributed by atoms with Crippen LogP contribution in [-0.2, 0) is 0 Å². The van der Waals surface area contributed by atoms with Crippen LogP contribution in [0.25, 0.3) is 16.7 Å². The van der Waals surface area contributed by atoms with E-state index in [1.807, 2.05) is 6.92 Å². The van der Waals surface area contributed by atoms with Crippen molar-refractivity contribution >= 4 is 34.3 Å². The fraction of sp³-hybridized carbons (Fsp3) is 0.200. The minimum absolute atomic E-state index is 0.0710. The number of oxazole rings is 1. The number of allylic oxidation sites excluding steroid dienone is 1. The van der Waals surface area contributed by atoms with Crippen LogP contribution in [0.1, 0.15) is 19.2 Å². The van der Waals surface area contributed by atoms with Gasteiger partial charge in [-0.25, -0.2) is 14.4 Å². The van der Waals surface area contributed by atoms with Crippen LogP contribution in [0.3, 0.4) is 0 Å². The van der Waals surface area contributed by atoms with Gasteiger partial charge in [0, 0.05) is 24.5 Å². The lowest BCUT2D eigenvalue weighted by Gasteiger charge is -2.25. The highest BCUT2D eigenvalue weighted by Gasteiger charge is 2.22. The first-order valence-corrected chi connectivity index (χ1v) is 9.39. The van der Waals surface area contributed by atoms with E-state index >= 15 is 0 Å². The third-order valence-electron chi connectivity index (χ3n) is 4.40. The van der Waals surface area contributed by atoms with Crippen LogP contribution in [0, 0.1) is 15.9 Å². The van der Waals surface area contributed by atoms with Crippen LogP contribution in [0.4, 0.5) is 15.8 Å². The number of benzene rings is 2. The molecule has 1 aliphatic rings. The van der Waals surface area contributed by atoms with Gasteiger partial charge >= 0.3 is 0 Å². The zero-order valence-electron chi connectivity index (χ0n) is 16.1. The molecule has 9 nitrogen and oxygen atoms in total. The molecule has 154 valence electrons. The maximum Gasteiger partial charge on any atom is 0.273 e. The number of aromatic nitrogens is 1. The van der Waals surface area contributed by atoms with Gasteiger partial charge < -0.3 is 20.4 Å². The van der Waals surface area contributed by atoms with Crippen molar-refractivity contribution in [2.45, 2.75) is 19.6 Å². The summed E-state index contributed by atoms with van der Waals surface area (Å²) in [6.45, 7) is 2.73. The highest BCUT2D eigenvalue weighted by Crippen LogP contribution is 2.26. The summed E-state index contributed by atoms with van der Waals surface area (Å²) in [6.07, 6.45) is 1.96. The summed E-state index contributed by atoms with van der Waals surface area (Å²) >= 11 is 0. The number of nitrogens with zero attached hydrogens (tertiary/aromatic N) is 3. The number of non-ortho nitro benzene ring substituents is 1. The molecule has 0 bridgehead atoms. The monoisotopic (exact) mass is 410 g/mol. The molecule has 0 amide bonds. The molecule has 30 heavy (non-hydrogen) atoms. The Bertz CT molecular complexity index is 1160. The standard InChI is InChI=1S/C20H19FN6O3/c1-2-8-22-18-15(11-23-20(26-18)24-13-5-3-4-12(21)9-13)19-25-16-7-6-14(27(28)29)10-17(16)30-19/h3-7,9-11,20,22,24,26H,2,8H2,1H3. The molecular weight excluding hydrogens is 391 g/mol. The fourth-order valence-corrected chi connectivity index (χ4v) is 2.98. The van der Waals surface area contributed by atoms with E-state index in [9.17, 15) is 14.5 Å². The Morgan fingerprint density at radius 3 is 2.93 bits per heavy atom. The fourth-order valence-electron chi connectivity index (χ4n) is 2.98. The summed E-state index contributed by atoms with van der Waals surface area (Å²) in [7, 11) is 0. The quantitative estimate of drug-likeness (QED) is 0.402. The average Bonchev–Trinajstić information content (AvgIpc) is 3.15. The third kappa shape index (κ3) is 4.07. The normalized spacial score (nSPS) is 15.9. The number of anilines is 1. The molecule has 2 aromatic carbocycles. The molecule has 0 saturated carbocycles. The Labute approximate surface area is 170 Å². The molecule has 0 aliphatic carbocycles. The second-order valence-electron chi connectivity index (χ2n) is 6.62. The van der Waals surface area contributed by atoms with Crippen molar-refractivity contribution in [2.75, 3.05) is 11.9 Å². The van der Waals surface area contributed by atoms with Crippen LogP contribution in [0.2, 0.25) is 0 Å². The van der Waals surface area contributed by atoms with Gasteiger partial charge in [0.1, 0.15) is 17.2 Å². The smallest absolute Gasteiger partial charge is 0.273 e. The lowest BCUT2D eigenvalue weighted by molar-refractivity contribution is -0.384. The number of halogens is 1. The van der Waals surface area contributed by atoms with Crippen LogP contribution in [0.5, 0.6) is 0 Å². The summed E-state index contributed by atoms with van der Waals surface area (Å²) in [4.78, 5) is 19.3. The van der Waals surface area contributed by atoms with Gasteiger partial charge in [0.25, 0.3) is 5.69 Å². The first-order chi connectivity index (χ1) is 14.5. The van der Waals surface area contributed by atoms with E-state index in [1.54, 1.807) is 24.4 Å². The SMILES string of the molecule is CCCNC1=C(c2nc3ccc([N+](=O)[O-])cc3o2)C=NC(Nc2cccc(F)c2)N1. The summed E-state index contributed by atoms with van der Waals surface area (Å²) < 4.78 is 19.2. The molecule has 0 saturated heterocycles. The van der Waals surface area contributed by atoms with Crippen molar-refractivity contribution in [3.8, 4) is 0 Å². The van der Waals surface area contributed by atoms with Crippen molar-refractivity contribution in [2.24, 2.45) is 4.99 Å². The van der Waals surface area contributed by atoms with E-state index in [4.69, 9.17) is 4.42 Å². The highest BCUT2D eigenvalue weighted by atomic mass is 19.1. The lowest BCUT2D eigenvalue weighted by atomic mass is 10.2. The molecule has 1 aromatic heterocycles. The van der Waals surface area contributed by atoms with E-state index in [1.165, 1.54) is 24.3 Å². The average molecular weight is 410 g/mol. The lowest BCUT2D eigenvalue weighted by Crippen LogP contribution is -2.42. The number of nitro groups is 1. The van der Waals surface area contributed by atoms with Gasteiger partial charge in [-0.1, -0.05) is 13.0 Å². The summed E-state index contributed by atoms with van der Waals surface area (Å²) in [5.41, 5.74) is 1.91. The minimum Gasteiger partial charge on any atom is -0.436 e. The number of hydrogen-bond acceptors (Lipinski definition) is 8. The zero-order chi connectivity index (χ0) is 21.1. The van der Waals surface area contributed by atoms with Gasteiger partial charge in [0.2, 0.25) is 5.89 Å². The highest BCUT2D eigenvalue weighted by molar-refractivity contribution is 6.10. The number of nitro benzene ring substituents is 1. The zero-order valence-corrected chi connectivity index (χ0v) is 16.1. The molecule has 3 aromatic rings. The number of hydrogen-bond donors (Lipinski definition) is 3. The molecule has 2 heterocycles. The molecule has 1 atom stereocenters. The van der Waals surface area contributed by atoms with E-state index < -0.39 is 11.2 Å². The predicted octanol–water partition coefficient (Wildman–Crippen LogP) is 3.61. The predicted molar refractivity (Wildman–Crippen MR) is 111 cm³/mol. The first-order valence-electron chi connectivity index (χ1n) is 9.39. The number of rotatable bonds is 7. The molecule has 0 radical (unpaired) electrons. The van der Waals surface area contributed by atoms with Crippen LogP contribution >= 0.6 is 0 Å². The molecule has 0 fully saturated rings. The largest absolute Gasteiger partial charge is 0.436 e. The van der Waals surface area contributed by atoms with Crippen LogP contribution in [0.15, 0.2) is 57.7 Å². The molecule has 10 heteroatoms. The first kappa shape index (κ1) is 19.4. The molecule has 3 N–H and O–H groups in total. The van der Waals surface area contributed by atoms with Crippen LogP contribution < -0.4 is 16.0 Å². The minimum atomic E-state index is -0.527. The van der Waals surface area contributed by atoms with Gasteiger partial charge in [-0.2, -0.15) is 0 Å². The Balaban J connectivity index is 1.63. The molecular formula is C20H19FN6O3. The summed E-state index contributed by atoms with van der Waals surface area (Å²) in [6, 6.07) is 10.4. The maximum absolute atomic E-state index is 13.4. The number of fused-ring (bicyclic) bond motifs is 1. The molecule has 4 rings (SSSR count). The number of aliphatic imine (C=N–C) groups is 1. The van der Waals surface area contributed by atoms with Gasteiger partial charge in [0.05, 0.1) is 16.6 Å². The van der Waals surface area contributed by atoms with Crippen molar-refractivity contribution in [1.29, 1.82) is 0 Å². The van der Waals surface area contributed by atoms with Crippen molar-refractivity contribution in [3.63, 3.8) is 0 Å². The van der Waals surface area contributed by atoms with Gasteiger partial charge in [-0.3, -0.25) is 10.1 Å². The van der Waals surface area contributed by atoms with E-state index in [2.05, 4.69) is 25.9 Å². The number of nitrogens with one attached hydrogen (secondary N) is 3. The van der Waals surface area contributed by atoms with E-state index in [0.717, 1.165) is 6.42 Å². The third-order valence-corrected chi connectivity index (χ3v) is 4.40. The van der Waals surface area contributed by atoms with Gasteiger partial charge in [0.15, 0.2) is 11.9 Å². The van der Waals surface area contributed by atoms with Crippen LogP contribution in [-0.4, -0.2) is 29.0 Å². The van der Waals surface area contributed by atoms with E-state index in [0.29, 0.717) is 34.7 Å². The maximum atomic E-state index is 13.4. The van der Waals surface area contributed by atoms with E-state index in [-0.39, 0.29) is 17.4 Å². The van der Waals surface area contributed by atoms with Crippen molar-refractivity contribution < 1.29 is 13.7 Å². The second kappa shape index (κ2) is 8.19. The van der Waals surface area contributed by atoms with Crippen molar-refractivity contribution in [1.82, 2.24) is 15.6 Å². The Morgan fingerprint density at radius 2 is 2.17 bits per heavy atom. The Hall–Kier alpha value is -3.95. The van der Waals surface area contributed by atoms with Crippen molar-refractivity contribution in [3.05, 3.63) is 70.1 Å². The molecule has 0 spiro atoms. The molecule has 1 aliphatic heterocycles. The topological polar surface area (TPSA) is 118 Å². The van der Waals surface area contributed by atoms with Gasteiger partial charge in [-0.05, 0) is 30.7 Å².